The van der Waals surface area contributed by atoms with E-state index >= 15 is 0 Å². The molecule has 0 spiro atoms. The summed E-state index contributed by atoms with van der Waals surface area (Å²) in [4.78, 5) is 21.7. The third kappa shape index (κ3) is 3.66. The number of aromatic nitrogens is 2. The number of ether oxygens (including phenoxy) is 1. The molecule has 4 bridgehead atoms. The molecule has 6 heteroatoms. The molecule has 2 aromatic rings. The number of hydrogen-bond acceptors (Lipinski definition) is 5. The predicted octanol–water partition coefficient (Wildman–Crippen LogP) is 3.99. The lowest BCUT2D eigenvalue weighted by Gasteiger charge is -2.55. The Hall–Kier alpha value is -1.95. The van der Waals surface area contributed by atoms with Gasteiger partial charge in [-0.3, -0.25) is 9.78 Å². The third-order valence-corrected chi connectivity index (χ3v) is 7.65. The SMILES string of the molecule is O=C(NCCc1csc(COc2cccnc2)n1)C12CC3CC(CC(C3)C1)C2. The van der Waals surface area contributed by atoms with Gasteiger partial charge in [0.1, 0.15) is 17.4 Å². The van der Waals surface area contributed by atoms with Crippen LogP contribution in [0, 0.1) is 23.2 Å². The number of carbonyl (C=O) groups is 1. The normalized spacial score (nSPS) is 30.4. The summed E-state index contributed by atoms with van der Waals surface area (Å²) in [6.07, 6.45) is 11.7. The van der Waals surface area contributed by atoms with Crippen molar-refractivity contribution in [2.24, 2.45) is 23.2 Å². The Morgan fingerprint density at radius 2 is 1.96 bits per heavy atom. The zero-order valence-corrected chi connectivity index (χ0v) is 16.9. The quantitative estimate of drug-likeness (QED) is 0.767. The first kappa shape index (κ1) is 18.1. The summed E-state index contributed by atoms with van der Waals surface area (Å²) in [6, 6.07) is 3.75. The van der Waals surface area contributed by atoms with Gasteiger partial charge in [-0.1, -0.05) is 0 Å². The van der Waals surface area contributed by atoms with E-state index in [1.165, 1.54) is 19.3 Å². The first-order valence-corrected chi connectivity index (χ1v) is 11.3. The number of hydrogen-bond donors (Lipinski definition) is 1. The van der Waals surface area contributed by atoms with Crippen LogP contribution in [-0.4, -0.2) is 22.4 Å². The highest BCUT2D eigenvalue weighted by atomic mass is 32.1. The maximum absolute atomic E-state index is 13.0. The summed E-state index contributed by atoms with van der Waals surface area (Å²) in [5, 5.41) is 6.26. The van der Waals surface area contributed by atoms with E-state index in [1.807, 2.05) is 12.1 Å². The molecule has 0 radical (unpaired) electrons. The molecule has 0 atom stereocenters. The van der Waals surface area contributed by atoms with Crippen LogP contribution in [0.1, 0.15) is 49.2 Å². The lowest BCUT2D eigenvalue weighted by molar-refractivity contribution is -0.146. The van der Waals surface area contributed by atoms with Crippen LogP contribution in [0.3, 0.4) is 0 Å². The van der Waals surface area contributed by atoms with Crippen LogP contribution in [0.5, 0.6) is 5.75 Å². The van der Waals surface area contributed by atoms with Gasteiger partial charge in [0.15, 0.2) is 0 Å². The minimum Gasteiger partial charge on any atom is -0.485 e. The van der Waals surface area contributed by atoms with Gasteiger partial charge in [-0.25, -0.2) is 4.98 Å². The zero-order chi connectivity index (χ0) is 19.0. The monoisotopic (exact) mass is 397 g/mol. The van der Waals surface area contributed by atoms with E-state index in [0.29, 0.717) is 19.1 Å². The molecule has 5 nitrogen and oxygen atoms in total. The van der Waals surface area contributed by atoms with Crippen molar-refractivity contribution < 1.29 is 9.53 Å². The molecular formula is C22H27N3O2S. The summed E-state index contributed by atoms with van der Waals surface area (Å²) in [7, 11) is 0. The Kier molecular flexibility index (Phi) is 4.83. The van der Waals surface area contributed by atoms with Gasteiger partial charge in [-0.05, 0) is 68.4 Å². The minimum absolute atomic E-state index is 0.0560. The van der Waals surface area contributed by atoms with Gasteiger partial charge in [0, 0.05) is 30.0 Å². The van der Waals surface area contributed by atoms with Crippen LogP contribution in [0.15, 0.2) is 29.9 Å². The number of thiazole rings is 1. The molecule has 1 amide bonds. The fraction of sp³-hybridized carbons (Fsp3) is 0.591. The van der Waals surface area contributed by atoms with Gasteiger partial charge in [0.05, 0.1) is 11.9 Å². The molecular weight excluding hydrogens is 370 g/mol. The van der Waals surface area contributed by atoms with E-state index in [0.717, 1.165) is 59.9 Å². The first-order valence-electron chi connectivity index (χ1n) is 10.4. The van der Waals surface area contributed by atoms with Crippen molar-refractivity contribution in [2.45, 2.75) is 51.6 Å². The van der Waals surface area contributed by atoms with E-state index in [9.17, 15) is 4.79 Å². The van der Waals surface area contributed by atoms with Crippen LogP contribution >= 0.6 is 11.3 Å². The fourth-order valence-electron chi connectivity index (χ4n) is 5.99. The van der Waals surface area contributed by atoms with E-state index in [1.54, 1.807) is 23.7 Å². The van der Waals surface area contributed by atoms with E-state index in [-0.39, 0.29) is 5.41 Å². The van der Waals surface area contributed by atoms with Gasteiger partial charge < -0.3 is 10.1 Å². The van der Waals surface area contributed by atoms with Crippen molar-refractivity contribution in [3.05, 3.63) is 40.6 Å². The molecule has 2 heterocycles. The van der Waals surface area contributed by atoms with Crippen LogP contribution in [0.25, 0.3) is 0 Å². The molecule has 0 unspecified atom stereocenters. The minimum atomic E-state index is -0.0560. The summed E-state index contributed by atoms with van der Waals surface area (Å²) < 4.78 is 5.70. The Morgan fingerprint density at radius 3 is 2.64 bits per heavy atom. The van der Waals surface area contributed by atoms with Crippen molar-refractivity contribution in [1.29, 1.82) is 0 Å². The van der Waals surface area contributed by atoms with Gasteiger partial charge in [0.25, 0.3) is 0 Å². The number of nitrogens with one attached hydrogen (secondary N) is 1. The topological polar surface area (TPSA) is 64.1 Å². The maximum atomic E-state index is 13.0. The highest BCUT2D eigenvalue weighted by Gasteiger charge is 2.54. The highest BCUT2D eigenvalue weighted by Crippen LogP contribution is 2.60. The first-order chi connectivity index (χ1) is 13.7. The van der Waals surface area contributed by atoms with E-state index < -0.39 is 0 Å². The largest absolute Gasteiger partial charge is 0.485 e. The molecule has 1 N–H and O–H groups in total. The second-order valence-electron chi connectivity index (χ2n) is 8.91. The highest BCUT2D eigenvalue weighted by molar-refractivity contribution is 7.09. The summed E-state index contributed by atoms with van der Waals surface area (Å²) in [5.74, 6) is 3.47. The van der Waals surface area contributed by atoms with Crippen molar-refractivity contribution in [1.82, 2.24) is 15.3 Å². The zero-order valence-electron chi connectivity index (χ0n) is 16.1. The number of pyridine rings is 1. The Labute approximate surface area is 169 Å². The van der Waals surface area contributed by atoms with E-state index in [2.05, 4.69) is 20.7 Å². The van der Waals surface area contributed by atoms with Crippen molar-refractivity contribution in [3.63, 3.8) is 0 Å². The van der Waals surface area contributed by atoms with Crippen LogP contribution < -0.4 is 10.1 Å². The molecule has 2 aromatic heterocycles. The van der Waals surface area contributed by atoms with Gasteiger partial charge >= 0.3 is 0 Å². The Balaban J connectivity index is 1.11. The smallest absolute Gasteiger partial charge is 0.226 e. The lowest BCUT2D eigenvalue weighted by atomic mass is 9.49. The van der Waals surface area contributed by atoms with E-state index in [4.69, 9.17) is 4.74 Å². The molecule has 0 aliphatic heterocycles. The summed E-state index contributed by atoms with van der Waals surface area (Å²) >= 11 is 1.61. The number of amides is 1. The number of rotatable bonds is 7. The molecule has 4 aliphatic rings. The van der Waals surface area contributed by atoms with Gasteiger partial charge in [0.2, 0.25) is 5.91 Å². The molecule has 4 aliphatic carbocycles. The predicted molar refractivity (Wildman–Crippen MR) is 108 cm³/mol. The average Bonchev–Trinajstić information content (AvgIpc) is 3.14. The van der Waals surface area contributed by atoms with Gasteiger partial charge in [-0.15, -0.1) is 11.3 Å². The number of carbonyl (C=O) groups excluding carboxylic acids is 1. The summed E-state index contributed by atoms with van der Waals surface area (Å²) in [6.45, 7) is 1.13. The molecule has 6 rings (SSSR count). The molecule has 4 fully saturated rings. The average molecular weight is 398 g/mol. The van der Waals surface area contributed by atoms with Gasteiger partial charge in [-0.2, -0.15) is 0 Å². The summed E-state index contributed by atoms with van der Waals surface area (Å²) in [5.41, 5.74) is 0.972. The lowest BCUT2D eigenvalue weighted by Crippen LogP contribution is -2.53. The maximum Gasteiger partial charge on any atom is 0.226 e. The fourth-order valence-corrected chi connectivity index (χ4v) is 6.73. The van der Waals surface area contributed by atoms with Crippen LogP contribution in [0.2, 0.25) is 0 Å². The van der Waals surface area contributed by atoms with Crippen molar-refractivity contribution >= 4 is 17.2 Å². The number of nitrogens with zero attached hydrogens (tertiary/aromatic N) is 2. The molecule has 148 valence electrons. The second-order valence-corrected chi connectivity index (χ2v) is 9.86. The van der Waals surface area contributed by atoms with Crippen molar-refractivity contribution in [3.8, 4) is 5.75 Å². The molecule has 28 heavy (non-hydrogen) atoms. The van der Waals surface area contributed by atoms with Crippen molar-refractivity contribution in [2.75, 3.05) is 6.54 Å². The molecule has 4 saturated carbocycles. The molecule has 0 aromatic carbocycles. The van der Waals surface area contributed by atoms with Crippen LogP contribution in [-0.2, 0) is 17.8 Å². The third-order valence-electron chi connectivity index (χ3n) is 6.78. The van der Waals surface area contributed by atoms with Crippen LogP contribution in [0.4, 0.5) is 0 Å². The Bertz CT molecular complexity index is 800. The standard InChI is InChI=1S/C22H27N3O2S/c26-21(22-9-15-6-16(10-22)8-17(7-15)11-22)24-5-3-18-14-28-20(25-18)13-27-19-2-1-4-23-12-19/h1-2,4,12,14-17H,3,5-11,13H2,(H,24,26). The Morgan fingerprint density at radius 1 is 1.21 bits per heavy atom. The second kappa shape index (κ2) is 7.47. The molecule has 0 saturated heterocycles.